The van der Waals surface area contributed by atoms with Gasteiger partial charge in [-0.05, 0) is 98.7 Å². The van der Waals surface area contributed by atoms with Gasteiger partial charge in [-0.1, -0.05) is 53.2 Å². The topological polar surface area (TPSA) is 315 Å². The molecule has 0 bridgehead atoms. The third kappa shape index (κ3) is 7.83. The van der Waals surface area contributed by atoms with E-state index in [-0.39, 0.29) is 36.7 Å². The molecule has 25 atom stereocenters. The summed E-state index contributed by atoms with van der Waals surface area (Å²) in [5, 5.41) is 132. The minimum absolute atomic E-state index is 0.0988. The lowest BCUT2D eigenvalue weighted by molar-refractivity contribution is -0.400. The highest BCUT2D eigenvalue weighted by Crippen LogP contribution is 2.76. The SMILES string of the molecule is CC1OC(C)(OC2CC3(C)C(C(O)CC4(C)C3CC=C3C5CC(C)(C)CCC5(C(=O)OC5OCC(O)C(O)C5O)CCC34C)C(C)(CO)C2OC2OC(CO)C(O)C(O)C2O)C(O)C(O)C1O. The number of hydrogen-bond donors (Lipinski definition) is 12. The van der Waals surface area contributed by atoms with E-state index in [1.165, 1.54) is 13.8 Å². The van der Waals surface area contributed by atoms with Crippen LogP contribution in [0.3, 0.4) is 0 Å². The molecule has 0 radical (unpaired) electrons. The van der Waals surface area contributed by atoms with Crippen LogP contribution in [0.2, 0.25) is 0 Å². The van der Waals surface area contributed by atoms with E-state index in [0.29, 0.717) is 32.1 Å². The van der Waals surface area contributed by atoms with Crippen molar-refractivity contribution < 1.29 is 94.5 Å². The highest BCUT2D eigenvalue weighted by Gasteiger charge is 2.74. The Morgan fingerprint density at radius 1 is 0.746 bits per heavy atom. The molecule has 0 spiro atoms. The molecule has 12 N–H and O–H groups in total. The van der Waals surface area contributed by atoms with Crippen molar-refractivity contribution in [2.45, 2.75) is 211 Å². The van der Waals surface area contributed by atoms with Crippen LogP contribution in [0.15, 0.2) is 11.6 Å². The van der Waals surface area contributed by atoms with Gasteiger partial charge in [-0.15, -0.1) is 0 Å². The minimum Gasteiger partial charge on any atom is -0.432 e. The summed E-state index contributed by atoms with van der Waals surface area (Å²) >= 11 is 0. The molecule has 19 nitrogen and oxygen atoms in total. The van der Waals surface area contributed by atoms with Crippen LogP contribution in [0.5, 0.6) is 0 Å². The van der Waals surface area contributed by atoms with Gasteiger partial charge in [0.15, 0.2) is 12.1 Å². The molecular weight excluding hydrogens is 881 g/mol. The van der Waals surface area contributed by atoms with Gasteiger partial charge in [0.1, 0.15) is 61.0 Å². The molecule has 67 heavy (non-hydrogen) atoms. The number of aliphatic hydroxyl groups is 12. The van der Waals surface area contributed by atoms with Gasteiger partial charge in [0.25, 0.3) is 0 Å². The Bertz CT molecular complexity index is 1870. The van der Waals surface area contributed by atoms with Crippen molar-refractivity contribution in [1.29, 1.82) is 0 Å². The van der Waals surface area contributed by atoms with Gasteiger partial charge in [-0.2, -0.15) is 0 Å². The minimum atomic E-state index is -1.98. The van der Waals surface area contributed by atoms with Gasteiger partial charge in [0.05, 0.1) is 49.7 Å². The van der Waals surface area contributed by atoms with Crippen LogP contribution in [0.25, 0.3) is 0 Å². The van der Waals surface area contributed by atoms with Crippen LogP contribution < -0.4 is 0 Å². The molecule has 8 aliphatic rings. The normalized spacial score (nSPS) is 56.4. The molecule has 384 valence electrons. The summed E-state index contributed by atoms with van der Waals surface area (Å²) in [7, 11) is 0. The fraction of sp³-hybridized carbons (Fsp3) is 0.938. The van der Waals surface area contributed by atoms with Gasteiger partial charge in [-0.25, -0.2) is 0 Å². The fourth-order valence-electron chi connectivity index (χ4n) is 15.3. The molecule has 0 amide bonds. The van der Waals surface area contributed by atoms with Crippen molar-refractivity contribution in [2.75, 3.05) is 19.8 Å². The van der Waals surface area contributed by atoms with Crippen LogP contribution in [-0.2, 0) is 33.2 Å². The molecule has 3 heterocycles. The zero-order chi connectivity index (χ0) is 49.4. The predicted octanol–water partition coefficient (Wildman–Crippen LogP) is -0.889. The Morgan fingerprint density at radius 2 is 1.40 bits per heavy atom. The number of ether oxygens (including phenoxy) is 6. The Hall–Kier alpha value is -1.47. The van der Waals surface area contributed by atoms with E-state index in [4.69, 9.17) is 28.4 Å². The number of hydrogen-bond acceptors (Lipinski definition) is 19. The maximum absolute atomic E-state index is 14.7. The number of esters is 1. The summed E-state index contributed by atoms with van der Waals surface area (Å²) in [6.07, 6.45) is -17.9. The lowest BCUT2D eigenvalue weighted by atomic mass is 9.33. The molecule has 4 saturated carbocycles. The standard InChI is InChI=1S/C48H78O19/c1-21-29(53)33(57)37(60)47(8,66-21)67-26-17-43(4)28-10-9-22-23-15-42(2,3)11-13-48(23,41(61)65-39-34(58)30(54)25(52)19-62-39)14-12-45(22,6)46(28,7)16-24(51)36(43)44(5,20-50)38(26)64-40-35(59)32(56)31(55)27(18-49)63-40/h9,21,23-40,49-60H,10-20H2,1-8H3. The summed E-state index contributed by atoms with van der Waals surface area (Å²) in [6, 6.07) is 0. The molecule has 5 aliphatic carbocycles. The van der Waals surface area contributed by atoms with Crippen molar-refractivity contribution in [3.8, 4) is 0 Å². The first-order valence-electron chi connectivity index (χ1n) is 24.3. The van der Waals surface area contributed by atoms with Crippen molar-refractivity contribution in [1.82, 2.24) is 0 Å². The zero-order valence-electron chi connectivity index (χ0n) is 40.0. The summed E-state index contributed by atoms with van der Waals surface area (Å²) in [4.78, 5) is 14.7. The Balaban J connectivity index is 1.19. The summed E-state index contributed by atoms with van der Waals surface area (Å²) in [5.41, 5.74) is -3.67. The second kappa shape index (κ2) is 17.6. The second-order valence-electron chi connectivity index (χ2n) is 23.7. The van der Waals surface area contributed by atoms with E-state index in [1.807, 2.05) is 0 Å². The Labute approximate surface area is 392 Å². The van der Waals surface area contributed by atoms with Crippen molar-refractivity contribution >= 4 is 5.97 Å². The maximum Gasteiger partial charge on any atom is 0.315 e. The van der Waals surface area contributed by atoms with Gasteiger partial charge in [0.2, 0.25) is 6.29 Å². The lowest BCUT2D eigenvalue weighted by Gasteiger charge is -2.73. The van der Waals surface area contributed by atoms with E-state index >= 15 is 0 Å². The molecular formula is C48H78O19. The van der Waals surface area contributed by atoms with Gasteiger partial charge >= 0.3 is 5.97 Å². The number of carbonyl (C=O) groups is 1. The predicted molar refractivity (Wildman–Crippen MR) is 232 cm³/mol. The van der Waals surface area contributed by atoms with E-state index < -0.39 is 156 Å². The van der Waals surface area contributed by atoms with Gasteiger partial charge in [-0.3, -0.25) is 4.79 Å². The third-order valence-electron chi connectivity index (χ3n) is 19.3. The van der Waals surface area contributed by atoms with Gasteiger partial charge < -0.3 is 89.7 Å². The van der Waals surface area contributed by atoms with E-state index in [2.05, 4.69) is 40.7 Å². The smallest absolute Gasteiger partial charge is 0.315 e. The fourth-order valence-corrected chi connectivity index (χ4v) is 15.3. The highest BCUT2D eigenvalue weighted by atomic mass is 16.7. The van der Waals surface area contributed by atoms with Crippen molar-refractivity contribution in [3.05, 3.63) is 11.6 Å². The molecule has 0 aromatic carbocycles. The maximum atomic E-state index is 14.7. The summed E-state index contributed by atoms with van der Waals surface area (Å²) in [5.74, 6) is -3.76. The molecule has 3 aliphatic heterocycles. The van der Waals surface area contributed by atoms with Gasteiger partial charge in [0, 0.05) is 11.3 Å². The number of allylic oxidation sites excluding steroid dienone is 2. The molecule has 7 fully saturated rings. The first-order valence-corrected chi connectivity index (χ1v) is 24.3. The molecule has 0 aromatic rings. The van der Waals surface area contributed by atoms with Crippen LogP contribution in [0.4, 0.5) is 0 Å². The molecule has 8 rings (SSSR count). The van der Waals surface area contributed by atoms with Crippen molar-refractivity contribution in [2.24, 2.45) is 50.2 Å². The first-order chi connectivity index (χ1) is 31.1. The van der Waals surface area contributed by atoms with Crippen LogP contribution in [0, 0.1) is 50.2 Å². The number of aliphatic hydroxyl groups excluding tert-OH is 12. The quantitative estimate of drug-likeness (QED) is 0.0798. The lowest BCUT2D eigenvalue weighted by Crippen LogP contribution is -2.74. The second-order valence-corrected chi connectivity index (χ2v) is 23.7. The first kappa shape index (κ1) is 51.9. The molecule has 19 heteroatoms. The number of fused-ring (bicyclic) bond motifs is 7. The summed E-state index contributed by atoms with van der Waals surface area (Å²) in [6.45, 7) is 13.8. The molecule has 25 unspecified atom stereocenters. The van der Waals surface area contributed by atoms with Crippen LogP contribution in [-0.4, -0.2) is 191 Å². The Morgan fingerprint density at radius 3 is 2.06 bits per heavy atom. The van der Waals surface area contributed by atoms with Crippen LogP contribution in [0.1, 0.15) is 107 Å². The largest absolute Gasteiger partial charge is 0.432 e. The molecule has 3 saturated heterocycles. The molecule has 0 aromatic heterocycles. The number of carbonyl (C=O) groups excluding carboxylic acids is 1. The zero-order valence-corrected chi connectivity index (χ0v) is 40.0. The average Bonchev–Trinajstić information content (AvgIpc) is 3.26. The van der Waals surface area contributed by atoms with Crippen molar-refractivity contribution in [3.63, 3.8) is 0 Å². The monoisotopic (exact) mass is 959 g/mol. The van der Waals surface area contributed by atoms with E-state index in [9.17, 15) is 66.1 Å². The van der Waals surface area contributed by atoms with E-state index in [1.54, 1.807) is 6.92 Å². The summed E-state index contributed by atoms with van der Waals surface area (Å²) < 4.78 is 36.9. The Kier molecular flexibility index (Phi) is 13.7. The van der Waals surface area contributed by atoms with Crippen LogP contribution >= 0.6 is 0 Å². The third-order valence-corrected chi connectivity index (χ3v) is 19.3. The average molecular weight is 959 g/mol. The van der Waals surface area contributed by atoms with E-state index in [0.717, 1.165) is 12.0 Å². The highest BCUT2D eigenvalue weighted by molar-refractivity contribution is 5.79. The number of rotatable bonds is 8.